The van der Waals surface area contributed by atoms with Gasteiger partial charge in [-0.1, -0.05) is 0 Å². The van der Waals surface area contributed by atoms with E-state index in [1.165, 1.54) is 97.3 Å². The summed E-state index contributed by atoms with van der Waals surface area (Å²) in [6.07, 6.45) is 9.62. The van der Waals surface area contributed by atoms with Crippen molar-refractivity contribution in [2.45, 2.75) is 51.0 Å². The normalized spacial score (nSPS) is 27.7. The molecule has 3 aliphatic heterocycles. The van der Waals surface area contributed by atoms with E-state index in [9.17, 15) is 0 Å². The predicted octanol–water partition coefficient (Wildman–Crippen LogP) is 1.61. The maximum Gasteiger partial charge on any atom is 0.0209 e. The average Bonchev–Trinajstić information content (AvgIpc) is 3.26. The first kappa shape index (κ1) is 16.7. The fraction of sp³-hybridized carbons (Fsp3) is 1.00. The molecular formula is C18H36N4. The number of hydrogen-bond donors (Lipinski definition) is 1. The first-order valence-corrected chi connectivity index (χ1v) is 9.74. The Hall–Kier alpha value is -0.160. The summed E-state index contributed by atoms with van der Waals surface area (Å²) in [7, 11) is 0. The van der Waals surface area contributed by atoms with Crippen molar-refractivity contribution in [3.05, 3.63) is 0 Å². The van der Waals surface area contributed by atoms with Gasteiger partial charge in [-0.3, -0.25) is 0 Å². The van der Waals surface area contributed by atoms with Crippen LogP contribution >= 0.6 is 0 Å². The Kier molecular flexibility index (Phi) is 6.54. The molecule has 3 fully saturated rings. The molecule has 3 saturated heterocycles. The average molecular weight is 309 g/mol. The molecule has 2 N–H and O–H groups in total. The first-order valence-electron chi connectivity index (χ1n) is 9.74. The summed E-state index contributed by atoms with van der Waals surface area (Å²) in [5, 5.41) is 0. The number of nitrogens with zero attached hydrogens (tertiary/aromatic N) is 3. The highest BCUT2D eigenvalue weighted by atomic mass is 15.2. The molecule has 2 unspecified atom stereocenters. The highest BCUT2D eigenvalue weighted by Crippen LogP contribution is 2.19. The fourth-order valence-corrected chi connectivity index (χ4v) is 4.50. The molecular weight excluding hydrogens is 272 g/mol. The van der Waals surface area contributed by atoms with Crippen LogP contribution in [0.25, 0.3) is 0 Å². The van der Waals surface area contributed by atoms with E-state index in [-0.39, 0.29) is 0 Å². The zero-order valence-electron chi connectivity index (χ0n) is 14.4. The van der Waals surface area contributed by atoms with Gasteiger partial charge in [-0.2, -0.15) is 0 Å². The van der Waals surface area contributed by atoms with Gasteiger partial charge in [0, 0.05) is 19.1 Å². The van der Waals surface area contributed by atoms with Crippen LogP contribution in [-0.4, -0.2) is 79.6 Å². The zero-order chi connectivity index (χ0) is 15.2. The highest BCUT2D eigenvalue weighted by molar-refractivity contribution is 4.83. The van der Waals surface area contributed by atoms with Crippen molar-refractivity contribution < 1.29 is 0 Å². The van der Waals surface area contributed by atoms with Gasteiger partial charge in [0.1, 0.15) is 0 Å². The van der Waals surface area contributed by atoms with Crippen molar-refractivity contribution >= 4 is 0 Å². The summed E-state index contributed by atoms with van der Waals surface area (Å²) in [6.45, 7) is 11.4. The van der Waals surface area contributed by atoms with E-state index in [1.54, 1.807) is 0 Å². The van der Waals surface area contributed by atoms with Gasteiger partial charge in [-0.05, 0) is 96.7 Å². The molecule has 3 aliphatic rings. The molecule has 3 rings (SSSR count). The summed E-state index contributed by atoms with van der Waals surface area (Å²) in [5.41, 5.74) is 6.67. The number of nitrogens with two attached hydrogens (primary N) is 1. The van der Waals surface area contributed by atoms with Crippen LogP contribution in [0.4, 0.5) is 0 Å². The lowest BCUT2D eigenvalue weighted by Crippen LogP contribution is -2.46. The highest BCUT2D eigenvalue weighted by Gasteiger charge is 2.26. The Morgan fingerprint density at radius 1 is 0.636 bits per heavy atom. The third-order valence-corrected chi connectivity index (χ3v) is 5.98. The topological polar surface area (TPSA) is 35.7 Å². The predicted molar refractivity (Wildman–Crippen MR) is 93.1 cm³/mol. The van der Waals surface area contributed by atoms with Crippen molar-refractivity contribution in [2.75, 3.05) is 58.9 Å². The van der Waals surface area contributed by atoms with Crippen molar-refractivity contribution in [3.63, 3.8) is 0 Å². The van der Waals surface area contributed by atoms with Crippen LogP contribution < -0.4 is 5.73 Å². The molecule has 0 aromatic carbocycles. The molecule has 128 valence electrons. The molecule has 4 heteroatoms. The van der Waals surface area contributed by atoms with Crippen LogP contribution in [0, 0.1) is 5.92 Å². The van der Waals surface area contributed by atoms with Gasteiger partial charge < -0.3 is 20.4 Å². The molecule has 0 spiro atoms. The Labute approximate surface area is 137 Å². The van der Waals surface area contributed by atoms with Crippen molar-refractivity contribution in [3.8, 4) is 0 Å². The van der Waals surface area contributed by atoms with Gasteiger partial charge in [0.15, 0.2) is 0 Å². The lowest BCUT2D eigenvalue weighted by molar-refractivity contribution is 0.190. The lowest BCUT2D eigenvalue weighted by Gasteiger charge is -2.32. The maximum absolute atomic E-state index is 6.67. The second kappa shape index (κ2) is 8.62. The summed E-state index contributed by atoms with van der Waals surface area (Å²) in [6, 6.07) is 0.362. The Balaban J connectivity index is 1.48. The third kappa shape index (κ3) is 4.92. The van der Waals surface area contributed by atoms with Crippen LogP contribution in [0.1, 0.15) is 44.9 Å². The van der Waals surface area contributed by atoms with E-state index >= 15 is 0 Å². The Morgan fingerprint density at radius 3 is 1.64 bits per heavy atom. The van der Waals surface area contributed by atoms with E-state index < -0.39 is 0 Å². The molecule has 22 heavy (non-hydrogen) atoms. The smallest absolute Gasteiger partial charge is 0.0209 e. The number of likely N-dealkylation sites (tertiary alicyclic amines) is 3. The largest absolute Gasteiger partial charge is 0.326 e. The number of hydrogen-bond acceptors (Lipinski definition) is 4. The minimum absolute atomic E-state index is 0.362. The fourth-order valence-electron chi connectivity index (χ4n) is 4.50. The van der Waals surface area contributed by atoms with Gasteiger partial charge in [0.25, 0.3) is 0 Å². The molecule has 0 saturated carbocycles. The summed E-state index contributed by atoms with van der Waals surface area (Å²) in [5.74, 6) is 0.680. The molecule has 4 nitrogen and oxygen atoms in total. The molecule has 3 heterocycles. The van der Waals surface area contributed by atoms with Crippen LogP contribution in [0.2, 0.25) is 0 Å². The molecule has 0 radical (unpaired) electrons. The first-order chi connectivity index (χ1) is 10.8. The standard InChI is InChI=1S/C18H36N4/c19-18(16-22-12-5-6-13-22)17(15-21-10-3-4-11-21)7-14-20-8-1-2-9-20/h17-18H,1-16,19H2. The van der Waals surface area contributed by atoms with E-state index in [1.807, 2.05) is 0 Å². The second-order valence-electron chi connectivity index (χ2n) is 7.78. The summed E-state index contributed by atoms with van der Waals surface area (Å²) in [4.78, 5) is 7.91. The van der Waals surface area contributed by atoms with Gasteiger partial charge in [0.05, 0.1) is 0 Å². The summed E-state index contributed by atoms with van der Waals surface area (Å²) < 4.78 is 0. The maximum atomic E-state index is 6.67. The minimum atomic E-state index is 0.362. The molecule has 0 amide bonds. The molecule has 0 aromatic heterocycles. The van der Waals surface area contributed by atoms with Gasteiger partial charge >= 0.3 is 0 Å². The minimum Gasteiger partial charge on any atom is -0.326 e. The van der Waals surface area contributed by atoms with E-state index in [2.05, 4.69) is 14.7 Å². The van der Waals surface area contributed by atoms with Gasteiger partial charge in [0.2, 0.25) is 0 Å². The number of rotatable bonds is 8. The van der Waals surface area contributed by atoms with Crippen molar-refractivity contribution in [1.29, 1.82) is 0 Å². The zero-order valence-corrected chi connectivity index (χ0v) is 14.4. The van der Waals surface area contributed by atoms with Crippen molar-refractivity contribution in [2.24, 2.45) is 11.7 Å². The van der Waals surface area contributed by atoms with Gasteiger partial charge in [-0.25, -0.2) is 0 Å². The molecule has 2 atom stereocenters. The van der Waals surface area contributed by atoms with E-state index in [4.69, 9.17) is 5.73 Å². The lowest BCUT2D eigenvalue weighted by atomic mass is 9.95. The SMILES string of the molecule is NC(CN1CCCC1)C(CCN1CCCC1)CN1CCCC1. The molecule has 0 aromatic rings. The van der Waals surface area contributed by atoms with Crippen LogP contribution in [0.15, 0.2) is 0 Å². The van der Waals surface area contributed by atoms with E-state index in [0.29, 0.717) is 12.0 Å². The third-order valence-electron chi connectivity index (χ3n) is 5.98. The molecule has 0 bridgehead atoms. The van der Waals surface area contributed by atoms with Crippen molar-refractivity contribution in [1.82, 2.24) is 14.7 Å². The second-order valence-corrected chi connectivity index (χ2v) is 7.78. The quantitative estimate of drug-likeness (QED) is 0.739. The molecule has 0 aliphatic carbocycles. The Morgan fingerprint density at radius 2 is 1.09 bits per heavy atom. The van der Waals surface area contributed by atoms with Crippen LogP contribution in [0.5, 0.6) is 0 Å². The van der Waals surface area contributed by atoms with Gasteiger partial charge in [-0.15, -0.1) is 0 Å². The van der Waals surface area contributed by atoms with Crippen LogP contribution in [0.3, 0.4) is 0 Å². The van der Waals surface area contributed by atoms with E-state index in [0.717, 1.165) is 6.54 Å². The monoisotopic (exact) mass is 308 g/mol. The van der Waals surface area contributed by atoms with Crippen LogP contribution in [-0.2, 0) is 0 Å². The Bertz CT molecular complexity index is 304. The summed E-state index contributed by atoms with van der Waals surface area (Å²) >= 11 is 0.